The molecule has 2 unspecified atom stereocenters. The van der Waals surface area contributed by atoms with Gasteiger partial charge in [0.2, 0.25) is 5.91 Å². The van der Waals surface area contributed by atoms with Crippen LogP contribution in [0.4, 0.5) is 0 Å². The second-order valence-electron chi connectivity index (χ2n) is 22.8. The van der Waals surface area contributed by atoms with Gasteiger partial charge in [0.05, 0.1) is 25.4 Å². The molecule has 0 aliphatic heterocycles. The number of hydrogen-bond donors (Lipinski definition) is 3. The second-order valence-corrected chi connectivity index (χ2v) is 22.8. The van der Waals surface area contributed by atoms with E-state index in [1.807, 2.05) is 6.08 Å². The smallest absolute Gasteiger partial charge is 0.305 e. The number of carbonyl (C=O) groups is 2. The average molecular weight is 1040 g/mol. The third-order valence-electron chi connectivity index (χ3n) is 15.4. The first-order valence-corrected chi connectivity index (χ1v) is 33.3. The normalized spacial score (nSPS) is 12.8. The number of allylic oxidation sites excluding steroid dienone is 5. The lowest BCUT2D eigenvalue weighted by Gasteiger charge is -2.20. The van der Waals surface area contributed by atoms with Crippen LogP contribution in [0.1, 0.15) is 361 Å². The largest absolute Gasteiger partial charge is 0.466 e. The highest BCUT2D eigenvalue weighted by Gasteiger charge is 2.18. The topological polar surface area (TPSA) is 95.9 Å². The number of hydrogen-bond acceptors (Lipinski definition) is 5. The van der Waals surface area contributed by atoms with Gasteiger partial charge in [-0.05, 0) is 64.2 Å². The molecule has 0 bridgehead atoms. The molecule has 0 aliphatic carbocycles. The van der Waals surface area contributed by atoms with Crippen molar-refractivity contribution >= 4 is 11.9 Å². The van der Waals surface area contributed by atoms with Gasteiger partial charge >= 0.3 is 5.97 Å². The van der Waals surface area contributed by atoms with Crippen molar-refractivity contribution in [3.8, 4) is 0 Å². The number of carbonyl (C=O) groups excluding carboxylic acids is 2. The summed E-state index contributed by atoms with van der Waals surface area (Å²) < 4.78 is 5.49. The first kappa shape index (κ1) is 72.1. The Morgan fingerprint density at radius 1 is 0.378 bits per heavy atom. The predicted octanol–water partition coefficient (Wildman–Crippen LogP) is 21.1. The molecule has 0 saturated carbocycles. The summed E-state index contributed by atoms with van der Waals surface area (Å²) >= 11 is 0. The van der Waals surface area contributed by atoms with Gasteiger partial charge in [0.15, 0.2) is 0 Å². The Bertz CT molecular complexity index is 1200. The van der Waals surface area contributed by atoms with Gasteiger partial charge in [0.1, 0.15) is 0 Å². The molecule has 0 saturated heterocycles. The van der Waals surface area contributed by atoms with Gasteiger partial charge in [0, 0.05) is 12.8 Å². The molecule has 0 heterocycles. The number of aliphatic hydroxyl groups is 2. The summed E-state index contributed by atoms with van der Waals surface area (Å²) in [7, 11) is 0. The summed E-state index contributed by atoms with van der Waals surface area (Å²) in [5.74, 6) is -0.0606. The molecule has 0 aliphatic rings. The van der Waals surface area contributed by atoms with E-state index in [1.165, 1.54) is 283 Å². The third-order valence-corrected chi connectivity index (χ3v) is 15.4. The number of unbranched alkanes of at least 4 members (excludes halogenated alkanes) is 47. The SMILES string of the molecule is CCCCCC/C=C\C/C=C\CCCCCCCC(=O)OCCCCCCCCCCCCCCCCCCCCCCCCCCCCC(=O)NC(CO)C(O)/C=C/CCCCCCCCCCCCCCC. The number of nitrogens with one attached hydrogen (secondary N) is 1. The van der Waals surface area contributed by atoms with Crippen LogP contribution < -0.4 is 5.32 Å². The number of ether oxygens (including phenoxy) is 1. The lowest BCUT2D eigenvalue weighted by molar-refractivity contribution is -0.143. The lowest BCUT2D eigenvalue weighted by atomic mass is 10.0. The quantitative estimate of drug-likeness (QED) is 0.0320. The molecule has 6 nitrogen and oxygen atoms in total. The number of rotatable bonds is 62. The summed E-state index contributed by atoms with van der Waals surface area (Å²) in [6, 6.07) is -0.626. The molecule has 0 fully saturated rings. The summed E-state index contributed by atoms with van der Waals surface area (Å²) in [5.41, 5.74) is 0. The van der Waals surface area contributed by atoms with E-state index in [0.717, 1.165) is 51.4 Å². The molecule has 0 aromatic rings. The van der Waals surface area contributed by atoms with E-state index in [1.54, 1.807) is 6.08 Å². The number of esters is 1. The molecule has 0 aromatic carbocycles. The summed E-state index contributed by atoms with van der Waals surface area (Å²) in [6.45, 7) is 4.90. The molecular weight excluding hydrogens is 911 g/mol. The zero-order valence-corrected chi connectivity index (χ0v) is 49.8. The van der Waals surface area contributed by atoms with Crippen LogP contribution in [-0.2, 0) is 14.3 Å². The third kappa shape index (κ3) is 59.3. The Balaban J connectivity index is 3.37. The molecule has 2 atom stereocenters. The van der Waals surface area contributed by atoms with Crippen LogP contribution in [0.5, 0.6) is 0 Å². The van der Waals surface area contributed by atoms with Crippen molar-refractivity contribution in [2.24, 2.45) is 0 Å². The Hall–Kier alpha value is -1.92. The van der Waals surface area contributed by atoms with Crippen LogP contribution in [-0.4, -0.2) is 47.4 Å². The molecule has 0 spiro atoms. The van der Waals surface area contributed by atoms with Gasteiger partial charge in [0.25, 0.3) is 0 Å². The van der Waals surface area contributed by atoms with E-state index in [4.69, 9.17) is 4.74 Å². The van der Waals surface area contributed by atoms with Crippen molar-refractivity contribution in [1.29, 1.82) is 0 Å². The zero-order valence-electron chi connectivity index (χ0n) is 49.8. The molecule has 6 heteroatoms. The summed E-state index contributed by atoms with van der Waals surface area (Å²) in [5, 5.41) is 23.1. The van der Waals surface area contributed by atoms with E-state index in [9.17, 15) is 19.8 Å². The maximum Gasteiger partial charge on any atom is 0.305 e. The highest BCUT2D eigenvalue weighted by atomic mass is 16.5. The van der Waals surface area contributed by atoms with Gasteiger partial charge in [-0.15, -0.1) is 0 Å². The standard InChI is InChI=1S/C68H129NO5/c1-3-5-7-9-11-13-15-17-19-34-38-42-46-50-54-58-62-68(73)74-63-59-55-51-47-43-39-35-31-29-27-25-23-21-20-22-24-26-28-30-33-37-41-45-49-53-57-61-67(72)69-65(64-70)66(71)60-56-52-48-44-40-36-32-18-16-14-12-10-8-6-4-2/h13,15,19,34,56,60,65-66,70-71H,3-12,14,16-18,20-33,35-55,57-59,61-64H2,1-2H3,(H,69,72)/b15-13-,34-19-,60-56+. The molecule has 74 heavy (non-hydrogen) atoms. The number of amides is 1. The molecule has 436 valence electrons. The van der Waals surface area contributed by atoms with Crippen LogP contribution in [0.2, 0.25) is 0 Å². The van der Waals surface area contributed by atoms with Crippen molar-refractivity contribution in [1.82, 2.24) is 5.32 Å². The molecule has 0 radical (unpaired) electrons. The van der Waals surface area contributed by atoms with E-state index < -0.39 is 12.1 Å². The van der Waals surface area contributed by atoms with Crippen LogP contribution in [0.3, 0.4) is 0 Å². The first-order valence-electron chi connectivity index (χ1n) is 33.3. The van der Waals surface area contributed by atoms with E-state index in [2.05, 4.69) is 43.5 Å². The molecular formula is C68H129NO5. The Kier molecular flexibility index (Phi) is 62.0. The van der Waals surface area contributed by atoms with Crippen molar-refractivity contribution in [2.45, 2.75) is 373 Å². The van der Waals surface area contributed by atoms with Crippen molar-refractivity contribution < 1.29 is 24.5 Å². The van der Waals surface area contributed by atoms with Crippen LogP contribution in [0.15, 0.2) is 36.5 Å². The maximum absolute atomic E-state index is 12.5. The second kappa shape index (κ2) is 63.6. The van der Waals surface area contributed by atoms with Crippen LogP contribution in [0.25, 0.3) is 0 Å². The lowest BCUT2D eigenvalue weighted by Crippen LogP contribution is -2.45. The maximum atomic E-state index is 12.5. The average Bonchev–Trinajstić information content (AvgIpc) is 3.40. The minimum atomic E-state index is -0.843. The molecule has 0 aromatic heterocycles. The highest BCUT2D eigenvalue weighted by molar-refractivity contribution is 5.76. The Morgan fingerprint density at radius 2 is 0.676 bits per heavy atom. The summed E-state index contributed by atoms with van der Waals surface area (Å²) in [4.78, 5) is 24.5. The molecule has 3 N–H and O–H groups in total. The van der Waals surface area contributed by atoms with E-state index >= 15 is 0 Å². The van der Waals surface area contributed by atoms with Crippen molar-refractivity contribution in [3.63, 3.8) is 0 Å². The minimum absolute atomic E-state index is 0.00356. The fourth-order valence-corrected chi connectivity index (χ4v) is 10.3. The van der Waals surface area contributed by atoms with Gasteiger partial charge in [-0.25, -0.2) is 0 Å². The fourth-order valence-electron chi connectivity index (χ4n) is 10.3. The first-order chi connectivity index (χ1) is 36.5. The number of aliphatic hydroxyl groups excluding tert-OH is 2. The van der Waals surface area contributed by atoms with E-state index in [-0.39, 0.29) is 18.5 Å². The predicted molar refractivity (Wildman–Crippen MR) is 324 cm³/mol. The monoisotopic (exact) mass is 1040 g/mol. The van der Waals surface area contributed by atoms with Crippen molar-refractivity contribution in [2.75, 3.05) is 13.2 Å². The van der Waals surface area contributed by atoms with Crippen LogP contribution >= 0.6 is 0 Å². The Labute approximate surface area is 462 Å². The molecule has 0 rings (SSSR count). The zero-order chi connectivity index (χ0) is 53.6. The van der Waals surface area contributed by atoms with Gasteiger partial charge in [-0.1, -0.05) is 320 Å². The van der Waals surface area contributed by atoms with E-state index in [0.29, 0.717) is 19.4 Å². The van der Waals surface area contributed by atoms with Crippen molar-refractivity contribution in [3.05, 3.63) is 36.5 Å². The molecule has 1 amide bonds. The summed E-state index contributed by atoms with van der Waals surface area (Å²) in [6.07, 6.45) is 80.6. The van der Waals surface area contributed by atoms with Crippen LogP contribution in [0, 0.1) is 0 Å². The van der Waals surface area contributed by atoms with Gasteiger partial charge < -0.3 is 20.3 Å². The van der Waals surface area contributed by atoms with Gasteiger partial charge in [-0.2, -0.15) is 0 Å². The minimum Gasteiger partial charge on any atom is -0.466 e. The Morgan fingerprint density at radius 3 is 1.04 bits per heavy atom. The highest BCUT2D eigenvalue weighted by Crippen LogP contribution is 2.18. The van der Waals surface area contributed by atoms with Gasteiger partial charge in [-0.3, -0.25) is 9.59 Å². The fraction of sp³-hybridized carbons (Fsp3) is 0.882.